The minimum atomic E-state index is -0.486. The van der Waals surface area contributed by atoms with Crippen LogP contribution in [0.1, 0.15) is 35.1 Å². The summed E-state index contributed by atoms with van der Waals surface area (Å²) >= 11 is 0. The monoisotopic (exact) mass is 332 g/mol. The summed E-state index contributed by atoms with van der Waals surface area (Å²) in [4.78, 5) is 19.2. The summed E-state index contributed by atoms with van der Waals surface area (Å²) in [5.74, 6) is 0.0826. The average Bonchev–Trinajstić information content (AvgIpc) is 3.37. The highest BCUT2D eigenvalue weighted by molar-refractivity contribution is 6.05. The Morgan fingerprint density at radius 3 is 2.75 bits per heavy atom. The number of ether oxygens (including phenoxy) is 1. The van der Waals surface area contributed by atoms with E-state index in [0.717, 1.165) is 18.7 Å². The van der Waals surface area contributed by atoms with Gasteiger partial charge in [0, 0.05) is 25.6 Å². The lowest BCUT2D eigenvalue weighted by Crippen LogP contribution is -2.41. The third-order valence-corrected chi connectivity index (χ3v) is 4.67. The Bertz CT molecular complexity index is 778. The Labute approximate surface area is 139 Å². The van der Waals surface area contributed by atoms with Crippen LogP contribution < -0.4 is 5.73 Å². The number of rotatable bonds is 4. The number of amides is 1. The van der Waals surface area contributed by atoms with Crippen LogP contribution in [0.3, 0.4) is 0 Å². The Kier molecular flexibility index (Phi) is 3.97. The summed E-state index contributed by atoms with van der Waals surface area (Å²) in [7, 11) is 0. The van der Waals surface area contributed by atoms with Gasteiger partial charge in [0.25, 0.3) is 5.91 Å². The first-order valence-corrected chi connectivity index (χ1v) is 8.47. The predicted octanol–water partition coefficient (Wildman–Crippen LogP) is 1.48. The summed E-state index contributed by atoms with van der Waals surface area (Å²) < 4.78 is 22.0. The zero-order valence-electron chi connectivity index (χ0n) is 13.5. The van der Waals surface area contributed by atoms with Gasteiger partial charge in [-0.15, -0.1) is 0 Å². The molecule has 1 saturated heterocycles. The van der Waals surface area contributed by atoms with Gasteiger partial charge in [-0.25, -0.2) is 9.37 Å². The SMILES string of the molecule is NCCc1nc2ccc(F)c(C(=O)N3CCOCC3)c2n1C1CC1. The number of halogens is 1. The van der Waals surface area contributed by atoms with Gasteiger partial charge in [-0.1, -0.05) is 0 Å². The summed E-state index contributed by atoms with van der Waals surface area (Å²) in [5, 5.41) is 0. The molecule has 128 valence electrons. The van der Waals surface area contributed by atoms with E-state index in [4.69, 9.17) is 10.5 Å². The fourth-order valence-electron chi connectivity index (χ4n) is 3.37. The van der Waals surface area contributed by atoms with E-state index in [1.165, 1.54) is 6.07 Å². The van der Waals surface area contributed by atoms with E-state index in [2.05, 4.69) is 4.98 Å². The number of hydrogen-bond donors (Lipinski definition) is 1. The van der Waals surface area contributed by atoms with Crippen molar-refractivity contribution in [2.45, 2.75) is 25.3 Å². The molecule has 7 heteroatoms. The van der Waals surface area contributed by atoms with Crippen molar-refractivity contribution in [3.05, 3.63) is 29.3 Å². The van der Waals surface area contributed by atoms with Crippen LogP contribution in [0.15, 0.2) is 12.1 Å². The van der Waals surface area contributed by atoms with Gasteiger partial charge in [-0.05, 0) is 31.5 Å². The Balaban J connectivity index is 1.86. The summed E-state index contributed by atoms with van der Waals surface area (Å²) in [5.41, 5.74) is 7.13. The molecule has 1 saturated carbocycles. The third-order valence-electron chi connectivity index (χ3n) is 4.67. The number of fused-ring (bicyclic) bond motifs is 1. The van der Waals surface area contributed by atoms with Crippen molar-refractivity contribution in [1.29, 1.82) is 0 Å². The molecule has 1 aliphatic heterocycles. The van der Waals surface area contributed by atoms with Gasteiger partial charge in [-0.2, -0.15) is 0 Å². The Hall–Kier alpha value is -1.99. The lowest BCUT2D eigenvalue weighted by molar-refractivity contribution is 0.0301. The zero-order valence-corrected chi connectivity index (χ0v) is 13.5. The van der Waals surface area contributed by atoms with Crippen LogP contribution in [-0.2, 0) is 11.2 Å². The second-order valence-corrected chi connectivity index (χ2v) is 6.36. The average molecular weight is 332 g/mol. The maximum atomic E-state index is 14.6. The molecule has 0 atom stereocenters. The van der Waals surface area contributed by atoms with Crippen LogP contribution in [0.5, 0.6) is 0 Å². The van der Waals surface area contributed by atoms with Crippen LogP contribution in [0.4, 0.5) is 4.39 Å². The van der Waals surface area contributed by atoms with Crippen LogP contribution in [0, 0.1) is 5.82 Å². The minimum absolute atomic E-state index is 0.136. The van der Waals surface area contributed by atoms with E-state index >= 15 is 0 Å². The molecule has 0 spiro atoms. The highest BCUT2D eigenvalue weighted by Gasteiger charge is 2.32. The molecule has 1 amide bonds. The second-order valence-electron chi connectivity index (χ2n) is 6.36. The number of benzene rings is 1. The van der Waals surface area contributed by atoms with E-state index in [-0.39, 0.29) is 11.5 Å². The molecule has 1 aromatic carbocycles. The highest BCUT2D eigenvalue weighted by Crippen LogP contribution is 2.40. The van der Waals surface area contributed by atoms with Crippen molar-refractivity contribution in [2.24, 2.45) is 5.73 Å². The van der Waals surface area contributed by atoms with Gasteiger partial charge >= 0.3 is 0 Å². The smallest absolute Gasteiger partial charge is 0.259 e. The van der Waals surface area contributed by atoms with Gasteiger partial charge in [-0.3, -0.25) is 4.79 Å². The van der Waals surface area contributed by atoms with Crippen molar-refractivity contribution in [3.8, 4) is 0 Å². The molecule has 2 aliphatic rings. The number of hydrogen-bond acceptors (Lipinski definition) is 4. The number of aromatic nitrogens is 2. The first kappa shape index (κ1) is 15.5. The molecule has 4 rings (SSSR count). The molecule has 6 nitrogen and oxygen atoms in total. The number of nitrogens with zero attached hydrogens (tertiary/aromatic N) is 3. The maximum Gasteiger partial charge on any atom is 0.259 e. The number of morpholine rings is 1. The normalized spacial score (nSPS) is 18.3. The molecule has 0 unspecified atom stereocenters. The lowest BCUT2D eigenvalue weighted by atomic mass is 10.1. The number of carbonyl (C=O) groups is 1. The first-order chi connectivity index (χ1) is 11.7. The number of imidazole rings is 1. The van der Waals surface area contributed by atoms with Crippen molar-refractivity contribution in [3.63, 3.8) is 0 Å². The zero-order chi connectivity index (χ0) is 16.7. The maximum absolute atomic E-state index is 14.6. The quantitative estimate of drug-likeness (QED) is 0.920. The molecule has 1 aliphatic carbocycles. The standard InChI is InChI=1S/C17H21FN4O2/c18-12-3-4-13-16(15(12)17(23)21-7-9-24-10-8-21)22(11-1-2-11)14(20-13)5-6-19/h3-4,11H,1-2,5-10,19H2. The van der Waals surface area contributed by atoms with Gasteiger partial charge < -0.3 is 19.9 Å². The molecule has 2 fully saturated rings. The summed E-state index contributed by atoms with van der Waals surface area (Å²) in [6.45, 7) is 2.43. The molecule has 0 bridgehead atoms. The molecular formula is C17H21FN4O2. The minimum Gasteiger partial charge on any atom is -0.378 e. The third kappa shape index (κ3) is 2.57. The fraction of sp³-hybridized carbons (Fsp3) is 0.529. The topological polar surface area (TPSA) is 73.4 Å². The molecule has 24 heavy (non-hydrogen) atoms. The first-order valence-electron chi connectivity index (χ1n) is 8.47. The van der Waals surface area contributed by atoms with E-state index in [0.29, 0.717) is 56.3 Å². The van der Waals surface area contributed by atoms with Crippen LogP contribution in [0.2, 0.25) is 0 Å². The predicted molar refractivity (Wildman–Crippen MR) is 87.4 cm³/mol. The summed E-state index contributed by atoms with van der Waals surface area (Å²) in [6, 6.07) is 3.29. The van der Waals surface area contributed by atoms with E-state index in [1.807, 2.05) is 4.57 Å². The van der Waals surface area contributed by atoms with Gasteiger partial charge in [0.1, 0.15) is 17.2 Å². The molecule has 2 N–H and O–H groups in total. The van der Waals surface area contributed by atoms with Crippen molar-refractivity contribution < 1.29 is 13.9 Å². The van der Waals surface area contributed by atoms with Gasteiger partial charge in [0.2, 0.25) is 0 Å². The van der Waals surface area contributed by atoms with E-state index < -0.39 is 5.82 Å². The summed E-state index contributed by atoms with van der Waals surface area (Å²) in [6.07, 6.45) is 2.69. The Morgan fingerprint density at radius 2 is 2.08 bits per heavy atom. The van der Waals surface area contributed by atoms with E-state index in [1.54, 1.807) is 11.0 Å². The number of nitrogens with two attached hydrogens (primary N) is 1. The fourth-order valence-corrected chi connectivity index (χ4v) is 3.37. The number of carbonyl (C=O) groups excluding carboxylic acids is 1. The van der Waals surface area contributed by atoms with Crippen LogP contribution in [0.25, 0.3) is 11.0 Å². The van der Waals surface area contributed by atoms with Crippen molar-refractivity contribution >= 4 is 16.9 Å². The molecule has 1 aromatic heterocycles. The van der Waals surface area contributed by atoms with Gasteiger partial charge in [0.15, 0.2) is 0 Å². The molecule has 2 aromatic rings. The van der Waals surface area contributed by atoms with Crippen molar-refractivity contribution in [2.75, 3.05) is 32.8 Å². The second kappa shape index (κ2) is 6.14. The van der Waals surface area contributed by atoms with Crippen molar-refractivity contribution in [1.82, 2.24) is 14.5 Å². The molecular weight excluding hydrogens is 311 g/mol. The molecule has 2 heterocycles. The van der Waals surface area contributed by atoms with E-state index in [9.17, 15) is 9.18 Å². The molecule has 0 radical (unpaired) electrons. The van der Waals surface area contributed by atoms with Crippen LogP contribution >= 0.6 is 0 Å². The largest absolute Gasteiger partial charge is 0.378 e. The highest BCUT2D eigenvalue weighted by atomic mass is 19.1. The van der Waals surface area contributed by atoms with Gasteiger partial charge in [0.05, 0.1) is 24.2 Å². The lowest BCUT2D eigenvalue weighted by Gasteiger charge is -2.27. The van der Waals surface area contributed by atoms with Crippen LogP contribution in [-0.4, -0.2) is 53.2 Å². The Morgan fingerprint density at radius 1 is 1.33 bits per heavy atom.